The van der Waals surface area contributed by atoms with Crippen LogP contribution in [0.2, 0.25) is 0 Å². The van der Waals surface area contributed by atoms with E-state index in [9.17, 15) is 0 Å². The van der Waals surface area contributed by atoms with Crippen LogP contribution in [0.4, 0.5) is 5.13 Å². The normalized spacial score (nSPS) is 37.8. The van der Waals surface area contributed by atoms with Crippen molar-refractivity contribution in [3.63, 3.8) is 0 Å². The lowest BCUT2D eigenvalue weighted by molar-refractivity contribution is 0.696. The van der Waals surface area contributed by atoms with Crippen molar-refractivity contribution in [3.05, 3.63) is 5.51 Å². The van der Waals surface area contributed by atoms with Crippen molar-refractivity contribution in [1.29, 1.82) is 0 Å². The highest BCUT2D eigenvalue weighted by Gasteiger charge is 2.53. The molecule has 4 nitrogen and oxygen atoms in total. The maximum atomic E-state index is 3.96. The predicted octanol–water partition coefficient (Wildman–Crippen LogP) is 0.168. The van der Waals surface area contributed by atoms with Gasteiger partial charge < -0.3 is 10.6 Å². The Hall–Kier alpha value is -0.680. The fourth-order valence-electron chi connectivity index (χ4n) is 2.01. The van der Waals surface area contributed by atoms with E-state index < -0.39 is 0 Å². The average Bonchev–Trinajstić information content (AvgIpc) is 2.59. The standard InChI is InChI=1S/C7H10N4S/c1-4-5(2-8-1)6(4)10-7-11-9-3-12-7/h3-6,8H,1-2H2,(H,10,11). The molecule has 0 spiro atoms. The number of hydrogen-bond acceptors (Lipinski definition) is 5. The van der Waals surface area contributed by atoms with Gasteiger partial charge in [0.05, 0.1) is 0 Å². The summed E-state index contributed by atoms with van der Waals surface area (Å²) in [6.07, 6.45) is 0. The number of anilines is 1. The van der Waals surface area contributed by atoms with E-state index in [-0.39, 0.29) is 0 Å². The van der Waals surface area contributed by atoms with Crippen molar-refractivity contribution >= 4 is 16.5 Å². The molecule has 2 heterocycles. The van der Waals surface area contributed by atoms with Crippen molar-refractivity contribution in [2.45, 2.75) is 6.04 Å². The van der Waals surface area contributed by atoms with E-state index in [1.807, 2.05) is 0 Å². The smallest absolute Gasteiger partial charge is 0.205 e. The first-order valence-corrected chi connectivity index (χ1v) is 5.06. The minimum Gasteiger partial charge on any atom is -0.357 e. The largest absolute Gasteiger partial charge is 0.357 e. The van der Waals surface area contributed by atoms with Crippen LogP contribution in [0, 0.1) is 11.8 Å². The van der Waals surface area contributed by atoms with Crippen LogP contribution >= 0.6 is 11.3 Å². The zero-order chi connectivity index (χ0) is 7.97. The Labute approximate surface area is 74.4 Å². The van der Waals surface area contributed by atoms with Gasteiger partial charge in [0, 0.05) is 19.1 Å². The topological polar surface area (TPSA) is 49.8 Å². The summed E-state index contributed by atoms with van der Waals surface area (Å²) >= 11 is 1.58. The highest BCUT2D eigenvalue weighted by molar-refractivity contribution is 7.13. The minimum absolute atomic E-state index is 0.666. The molecule has 0 amide bonds. The molecular weight excluding hydrogens is 172 g/mol. The lowest BCUT2D eigenvalue weighted by Gasteiger charge is -2.03. The van der Waals surface area contributed by atoms with Gasteiger partial charge in [-0.25, -0.2) is 0 Å². The molecule has 1 aromatic heterocycles. The van der Waals surface area contributed by atoms with E-state index >= 15 is 0 Å². The SMILES string of the molecule is c1nnc(NC2C3CNCC32)s1. The number of nitrogens with zero attached hydrogens (tertiary/aromatic N) is 2. The molecule has 2 fully saturated rings. The van der Waals surface area contributed by atoms with Crippen LogP contribution in [0.5, 0.6) is 0 Å². The lowest BCUT2D eigenvalue weighted by atomic mass is 10.4. The van der Waals surface area contributed by atoms with Crippen molar-refractivity contribution in [1.82, 2.24) is 15.5 Å². The van der Waals surface area contributed by atoms with E-state index in [1.165, 1.54) is 13.1 Å². The van der Waals surface area contributed by atoms with Crippen LogP contribution in [-0.4, -0.2) is 29.3 Å². The van der Waals surface area contributed by atoms with Crippen LogP contribution in [0.3, 0.4) is 0 Å². The molecule has 12 heavy (non-hydrogen) atoms. The number of fused-ring (bicyclic) bond motifs is 1. The summed E-state index contributed by atoms with van der Waals surface area (Å²) in [6, 6.07) is 0.666. The first-order valence-electron chi connectivity index (χ1n) is 4.18. The van der Waals surface area contributed by atoms with Gasteiger partial charge in [0.15, 0.2) is 0 Å². The van der Waals surface area contributed by atoms with Gasteiger partial charge in [0.25, 0.3) is 0 Å². The molecule has 0 aromatic carbocycles. The number of rotatable bonds is 2. The number of nitrogens with one attached hydrogen (secondary N) is 2. The van der Waals surface area contributed by atoms with E-state index in [0.717, 1.165) is 17.0 Å². The molecule has 5 heteroatoms. The Kier molecular flexibility index (Phi) is 1.36. The van der Waals surface area contributed by atoms with Crippen molar-refractivity contribution in [3.8, 4) is 0 Å². The van der Waals surface area contributed by atoms with Crippen LogP contribution in [0.15, 0.2) is 5.51 Å². The quantitative estimate of drug-likeness (QED) is 0.684. The molecule has 1 aromatic rings. The predicted molar refractivity (Wildman–Crippen MR) is 47.2 cm³/mol. The van der Waals surface area contributed by atoms with Gasteiger partial charge in [-0.1, -0.05) is 11.3 Å². The second kappa shape index (κ2) is 2.40. The molecule has 3 rings (SSSR count). The number of hydrogen-bond donors (Lipinski definition) is 2. The van der Waals surface area contributed by atoms with E-state index in [0.29, 0.717) is 6.04 Å². The minimum atomic E-state index is 0.666. The maximum absolute atomic E-state index is 3.96. The molecule has 1 saturated heterocycles. The highest BCUT2D eigenvalue weighted by Crippen LogP contribution is 2.43. The Balaban J connectivity index is 1.65. The van der Waals surface area contributed by atoms with Gasteiger partial charge in [-0.2, -0.15) is 0 Å². The summed E-state index contributed by atoms with van der Waals surface area (Å²) < 4.78 is 0. The van der Waals surface area contributed by atoms with E-state index in [2.05, 4.69) is 20.8 Å². The molecule has 2 aliphatic rings. The van der Waals surface area contributed by atoms with E-state index in [4.69, 9.17) is 0 Å². The summed E-state index contributed by atoms with van der Waals surface area (Å²) in [7, 11) is 0. The summed E-state index contributed by atoms with van der Waals surface area (Å²) in [4.78, 5) is 0. The van der Waals surface area contributed by atoms with Crippen LogP contribution < -0.4 is 10.6 Å². The monoisotopic (exact) mass is 182 g/mol. The molecule has 1 aliphatic carbocycles. The molecule has 0 bridgehead atoms. The molecule has 2 N–H and O–H groups in total. The summed E-state index contributed by atoms with van der Waals surface area (Å²) in [5.74, 6) is 1.68. The molecule has 1 saturated carbocycles. The molecule has 1 aliphatic heterocycles. The fraction of sp³-hybridized carbons (Fsp3) is 0.714. The summed E-state index contributed by atoms with van der Waals surface area (Å²) in [5.41, 5.74) is 1.76. The van der Waals surface area contributed by atoms with Gasteiger partial charge in [-0.05, 0) is 11.8 Å². The van der Waals surface area contributed by atoms with Crippen molar-refractivity contribution in [2.75, 3.05) is 18.4 Å². The zero-order valence-electron chi connectivity index (χ0n) is 6.53. The average molecular weight is 182 g/mol. The third kappa shape index (κ3) is 0.931. The van der Waals surface area contributed by atoms with Crippen LogP contribution in [0.1, 0.15) is 0 Å². The second-order valence-corrected chi connectivity index (χ2v) is 4.23. The lowest BCUT2D eigenvalue weighted by Crippen LogP contribution is -2.21. The fourth-order valence-corrected chi connectivity index (χ4v) is 2.50. The van der Waals surface area contributed by atoms with Gasteiger partial charge >= 0.3 is 0 Å². The van der Waals surface area contributed by atoms with Gasteiger partial charge in [-0.3, -0.25) is 0 Å². The number of piperidine rings is 1. The molecule has 64 valence electrons. The molecule has 0 radical (unpaired) electrons. The molecule has 2 unspecified atom stereocenters. The molecular formula is C7H10N4S. The summed E-state index contributed by atoms with van der Waals surface area (Å²) in [6.45, 7) is 2.34. The van der Waals surface area contributed by atoms with Gasteiger partial charge in [0.1, 0.15) is 5.51 Å². The van der Waals surface area contributed by atoms with Gasteiger partial charge in [0.2, 0.25) is 5.13 Å². The van der Waals surface area contributed by atoms with E-state index in [1.54, 1.807) is 16.8 Å². The third-order valence-corrected chi connectivity index (χ3v) is 3.36. The van der Waals surface area contributed by atoms with Crippen LogP contribution in [-0.2, 0) is 0 Å². The zero-order valence-corrected chi connectivity index (χ0v) is 7.34. The first kappa shape index (κ1) is 6.80. The Morgan fingerprint density at radius 3 is 3.00 bits per heavy atom. The third-order valence-electron chi connectivity index (χ3n) is 2.74. The highest BCUT2D eigenvalue weighted by atomic mass is 32.1. The van der Waals surface area contributed by atoms with Crippen molar-refractivity contribution in [2.24, 2.45) is 11.8 Å². The molecule has 2 atom stereocenters. The van der Waals surface area contributed by atoms with Gasteiger partial charge in [-0.15, -0.1) is 10.2 Å². The summed E-state index contributed by atoms with van der Waals surface area (Å²) in [5, 5.41) is 15.5. The Morgan fingerprint density at radius 2 is 2.33 bits per heavy atom. The van der Waals surface area contributed by atoms with Crippen LogP contribution in [0.25, 0.3) is 0 Å². The number of aromatic nitrogens is 2. The second-order valence-electron chi connectivity index (χ2n) is 3.40. The Morgan fingerprint density at radius 1 is 1.50 bits per heavy atom. The first-order chi connectivity index (χ1) is 5.95. The maximum Gasteiger partial charge on any atom is 0.205 e. The Bertz CT molecular complexity index is 263. The van der Waals surface area contributed by atoms with Crippen molar-refractivity contribution < 1.29 is 0 Å².